The zero-order valence-electron chi connectivity index (χ0n) is 5.65. The number of phenols is 1. The van der Waals surface area contributed by atoms with Crippen molar-refractivity contribution in [3.8, 4) is 11.5 Å². The van der Waals surface area contributed by atoms with Crippen LogP contribution < -0.4 is 10.5 Å². The van der Waals surface area contributed by atoms with Crippen LogP contribution >= 0.6 is 0 Å². The summed E-state index contributed by atoms with van der Waals surface area (Å²) in [5.41, 5.74) is 4.72. The van der Waals surface area contributed by atoms with Crippen molar-refractivity contribution >= 4 is 6.09 Å². The molecule has 58 valence electrons. The molecule has 0 atom stereocenters. The van der Waals surface area contributed by atoms with Crippen molar-refractivity contribution < 1.29 is 14.6 Å². The lowest BCUT2D eigenvalue weighted by Gasteiger charge is -2.00. The lowest BCUT2D eigenvalue weighted by atomic mass is 10.3. The quantitative estimate of drug-likeness (QED) is 0.628. The van der Waals surface area contributed by atoms with Gasteiger partial charge in [0.1, 0.15) is 0 Å². The van der Waals surface area contributed by atoms with Crippen molar-refractivity contribution in [3.63, 3.8) is 0 Å². The highest BCUT2D eigenvalue weighted by molar-refractivity contribution is 5.69. The molecule has 0 saturated carbocycles. The molecule has 1 rings (SSSR count). The average molecular weight is 153 g/mol. The van der Waals surface area contributed by atoms with Gasteiger partial charge in [-0.1, -0.05) is 12.1 Å². The van der Waals surface area contributed by atoms with Crippen molar-refractivity contribution in [1.82, 2.24) is 0 Å². The van der Waals surface area contributed by atoms with Gasteiger partial charge in [0.25, 0.3) is 0 Å². The van der Waals surface area contributed by atoms with Gasteiger partial charge in [-0.15, -0.1) is 0 Å². The predicted octanol–water partition coefficient (Wildman–Crippen LogP) is 0.850. The first-order valence-corrected chi connectivity index (χ1v) is 2.95. The third-order valence-electron chi connectivity index (χ3n) is 1.08. The summed E-state index contributed by atoms with van der Waals surface area (Å²) in [7, 11) is 0. The summed E-state index contributed by atoms with van der Waals surface area (Å²) < 4.78 is 4.43. The highest BCUT2D eigenvalue weighted by atomic mass is 16.6. The van der Waals surface area contributed by atoms with Gasteiger partial charge in [-0.2, -0.15) is 0 Å². The Kier molecular flexibility index (Phi) is 1.96. The predicted molar refractivity (Wildman–Crippen MR) is 38.3 cm³/mol. The van der Waals surface area contributed by atoms with Crippen LogP contribution in [0.4, 0.5) is 4.79 Å². The fourth-order valence-corrected chi connectivity index (χ4v) is 0.652. The van der Waals surface area contributed by atoms with E-state index in [4.69, 9.17) is 10.8 Å². The summed E-state index contributed by atoms with van der Waals surface area (Å²) in [6, 6.07) is 6.08. The van der Waals surface area contributed by atoms with Crippen LogP contribution in [0.3, 0.4) is 0 Å². The molecular formula is C7H7NO3. The molecule has 1 aromatic rings. The van der Waals surface area contributed by atoms with Crippen LogP contribution in [0, 0.1) is 0 Å². The SMILES string of the molecule is NC(=O)Oc1ccccc1O. The highest BCUT2D eigenvalue weighted by Crippen LogP contribution is 2.23. The zero-order chi connectivity index (χ0) is 8.27. The molecule has 3 N–H and O–H groups in total. The number of para-hydroxylation sites is 2. The van der Waals surface area contributed by atoms with E-state index in [-0.39, 0.29) is 11.5 Å². The summed E-state index contributed by atoms with van der Waals surface area (Å²) in [6.45, 7) is 0. The number of carbonyl (C=O) groups excluding carboxylic acids is 1. The first-order chi connectivity index (χ1) is 5.20. The number of rotatable bonds is 1. The van der Waals surface area contributed by atoms with Gasteiger partial charge in [0, 0.05) is 0 Å². The van der Waals surface area contributed by atoms with Gasteiger partial charge < -0.3 is 15.6 Å². The Hall–Kier alpha value is -1.71. The van der Waals surface area contributed by atoms with Crippen LogP contribution in [0.25, 0.3) is 0 Å². The van der Waals surface area contributed by atoms with Crippen molar-refractivity contribution in [1.29, 1.82) is 0 Å². The second kappa shape index (κ2) is 2.92. The maximum atomic E-state index is 10.2. The monoisotopic (exact) mass is 153 g/mol. The van der Waals surface area contributed by atoms with E-state index in [1.807, 2.05) is 0 Å². The Balaban J connectivity index is 2.86. The first-order valence-electron chi connectivity index (χ1n) is 2.95. The fourth-order valence-electron chi connectivity index (χ4n) is 0.652. The topological polar surface area (TPSA) is 72.6 Å². The Labute approximate surface area is 63.2 Å². The van der Waals surface area contributed by atoms with Crippen LogP contribution in [0.5, 0.6) is 11.5 Å². The lowest BCUT2D eigenvalue weighted by molar-refractivity contribution is 0.209. The lowest BCUT2D eigenvalue weighted by Crippen LogP contribution is -2.16. The van der Waals surface area contributed by atoms with E-state index in [1.54, 1.807) is 12.1 Å². The third-order valence-corrected chi connectivity index (χ3v) is 1.08. The summed E-state index contributed by atoms with van der Waals surface area (Å²) in [6.07, 6.45) is -0.938. The number of aromatic hydroxyl groups is 1. The molecule has 1 amide bonds. The molecule has 0 aliphatic carbocycles. The van der Waals surface area contributed by atoms with Crippen LogP contribution in [0.1, 0.15) is 0 Å². The maximum absolute atomic E-state index is 10.2. The van der Waals surface area contributed by atoms with Crippen molar-refractivity contribution in [3.05, 3.63) is 24.3 Å². The molecule has 0 spiro atoms. The van der Waals surface area contributed by atoms with Gasteiger partial charge >= 0.3 is 6.09 Å². The number of hydrogen-bond donors (Lipinski definition) is 2. The molecule has 0 aromatic heterocycles. The van der Waals surface area contributed by atoms with E-state index in [1.165, 1.54) is 12.1 Å². The molecule has 0 radical (unpaired) electrons. The molecule has 0 bridgehead atoms. The number of nitrogens with two attached hydrogens (primary N) is 1. The average Bonchev–Trinajstić information content (AvgIpc) is 1.93. The van der Waals surface area contributed by atoms with E-state index in [2.05, 4.69) is 4.74 Å². The minimum absolute atomic E-state index is 0.0694. The van der Waals surface area contributed by atoms with Gasteiger partial charge in [0.05, 0.1) is 0 Å². The standard InChI is InChI=1S/C7H7NO3/c8-7(10)11-6-4-2-1-3-5(6)9/h1-4,9H,(H2,8,10). The number of amides is 1. The normalized spacial score (nSPS) is 9.09. The van der Waals surface area contributed by atoms with Gasteiger partial charge in [0.2, 0.25) is 0 Å². The third kappa shape index (κ3) is 1.86. The Morgan fingerprint density at radius 3 is 2.64 bits per heavy atom. The van der Waals surface area contributed by atoms with Crippen LogP contribution in [-0.2, 0) is 0 Å². The second-order valence-corrected chi connectivity index (χ2v) is 1.89. The summed E-state index contributed by atoms with van der Waals surface area (Å²) in [4.78, 5) is 10.2. The Morgan fingerprint density at radius 2 is 2.09 bits per heavy atom. The van der Waals surface area contributed by atoms with Crippen LogP contribution in [-0.4, -0.2) is 11.2 Å². The maximum Gasteiger partial charge on any atom is 0.410 e. The van der Waals surface area contributed by atoms with Crippen LogP contribution in [0.2, 0.25) is 0 Å². The Morgan fingerprint density at radius 1 is 1.45 bits per heavy atom. The molecule has 0 fully saturated rings. The van der Waals surface area contributed by atoms with E-state index in [9.17, 15) is 4.79 Å². The fraction of sp³-hybridized carbons (Fsp3) is 0. The molecule has 0 aliphatic heterocycles. The molecule has 0 heterocycles. The molecule has 1 aromatic carbocycles. The summed E-state index contributed by atoms with van der Waals surface area (Å²) in [5.74, 6) is -0.0358. The van der Waals surface area contributed by atoms with E-state index >= 15 is 0 Å². The number of ether oxygens (including phenoxy) is 1. The van der Waals surface area contributed by atoms with Crippen molar-refractivity contribution in [2.45, 2.75) is 0 Å². The van der Waals surface area contributed by atoms with Crippen molar-refractivity contribution in [2.24, 2.45) is 5.73 Å². The Bertz CT molecular complexity index is 272. The van der Waals surface area contributed by atoms with Crippen LogP contribution in [0.15, 0.2) is 24.3 Å². The van der Waals surface area contributed by atoms with E-state index in [0.717, 1.165) is 0 Å². The number of phenolic OH excluding ortho intramolecular Hbond substituents is 1. The smallest absolute Gasteiger partial charge is 0.410 e. The van der Waals surface area contributed by atoms with Gasteiger partial charge in [0.15, 0.2) is 11.5 Å². The molecule has 0 saturated heterocycles. The minimum atomic E-state index is -0.938. The van der Waals surface area contributed by atoms with E-state index in [0.29, 0.717) is 0 Å². The summed E-state index contributed by atoms with van der Waals surface area (Å²) in [5, 5.41) is 9.03. The van der Waals surface area contributed by atoms with E-state index < -0.39 is 6.09 Å². The largest absolute Gasteiger partial charge is 0.504 e. The molecule has 11 heavy (non-hydrogen) atoms. The first kappa shape index (κ1) is 7.40. The van der Waals surface area contributed by atoms with Gasteiger partial charge in [-0.3, -0.25) is 0 Å². The molecular weight excluding hydrogens is 146 g/mol. The number of benzene rings is 1. The number of hydrogen-bond acceptors (Lipinski definition) is 3. The number of primary amides is 1. The zero-order valence-corrected chi connectivity index (χ0v) is 5.65. The molecule has 0 unspecified atom stereocenters. The minimum Gasteiger partial charge on any atom is -0.504 e. The van der Waals surface area contributed by atoms with Gasteiger partial charge in [-0.25, -0.2) is 4.79 Å². The molecule has 4 nitrogen and oxygen atoms in total. The molecule has 4 heteroatoms. The number of carbonyl (C=O) groups is 1. The van der Waals surface area contributed by atoms with Crippen molar-refractivity contribution in [2.75, 3.05) is 0 Å². The van der Waals surface area contributed by atoms with Gasteiger partial charge in [-0.05, 0) is 12.1 Å². The second-order valence-electron chi connectivity index (χ2n) is 1.89. The molecule has 0 aliphatic rings. The highest BCUT2D eigenvalue weighted by Gasteiger charge is 2.02. The summed E-state index contributed by atoms with van der Waals surface area (Å²) >= 11 is 0.